The van der Waals surface area contributed by atoms with Crippen LogP contribution in [-0.4, -0.2) is 35.2 Å². The summed E-state index contributed by atoms with van der Waals surface area (Å²) in [4.78, 5) is 14.5. The number of benzene rings is 1. The monoisotopic (exact) mass is 314 g/mol. The molecule has 1 aromatic carbocycles. The summed E-state index contributed by atoms with van der Waals surface area (Å²) in [5.41, 5.74) is 3.17. The molecule has 0 bridgehead atoms. The van der Waals surface area contributed by atoms with E-state index in [0.717, 1.165) is 11.3 Å². The smallest absolute Gasteiger partial charge is 0.223 e. The summed E-state index contributed by atoms with van der Waals surface area (Å²) in [5, 5.41) is 3.86. The fourth-order valence-corrected chi connectivity index (χ4v) is 2.99. The molecule has 1 amide bonds. The van der Waals surface area contributed by atoms with E-state index in [1.807, 2.05) is 24.0 Å². The molecular weight excluding hydrogens is 292 g/mol. The van der Waals surface area contributed by atoms with Gasteiger partial charge in [0.1, 0.15) is 12.4 Å². The van der Waals surface area contributed by atoms with Crippen LogP contribution in [0.2, 0.25) is 0 Å². The van der Waals surface area contributed by atoms with Crippen molar-refractivity contribution in [2.75, 3.05) is 13.2 Å². The summed E-state index contributed by atoms with van der Waals surface area (Å²) in [6, 6.07) is 10.1. The number of rotatable bonds is 4. The maximum absolute atomic E-state index is 12.6. The molecule has 23 heavy (non-hydrogen) atoms. The Morgan fingerprint density at radius 3 is 2.91 bits per heavy atom. The van der Waals surface area contributed by atoms with Gasteiger partial charge in [0.05, 0.1) is 24.9 Å². The second-order valence-corrected chi connectivity index (χ2v) is 6.06. The zero-order valence-electron chi connectivity index (χ0n) is 13.6. The molecule has 1 aliphatic rings. The summed E-state index contributed by atoms with van der Waals surface area (Å²) in [7, 11) is 0. The predicted molar refractivity (Wildman–Crippen MR) is 85.9 cm³/mol. The SMILES string of the molecule is Cc1ccccc1C1CN(C(=O)CCc2ccon2)C(C)CO1. The van der Waals surface area contributed by atoms with Crippen molar-refractivity contribution in [1.82, 2.24) is 10.1 Å². The number of nitrogens with zero attached hydrogens (tertiary/aromatic N) is 2. The van der Waals surface area contributed by atoms with Crippen molar-refractivity contribution in [2.45, 2.75) is 38.8 Å². The van der Waals surface area contributed by atoms with Gasteiger partial charge in [-0.15, -0.1) is 0 Å². The number of aromatic nitrogens is 1. The molecule has 0 radical (unpaired) electrons. The van der Waals surface area contributed by atoms with Gasteiger partial charge < -0.3 is 14.2 Å². The number of aryl methyl sites for hydroxylation is 2. The predicted octanol–water partition coefficient (Wildman–Crippen LogP) is 2.90. The van der Waals surface area contributed by atoms with E-state index in [2.05, 4.69) is 24.2 Å². The standard InChI is InChI=1S/C18H22N2O3/c1-13-5-3-4-6-16(13)17-11-20(14(2)12-22-17)18(21)8-7-15-9-10-23-19-15/h3-6,9-10,14,17H,7-8,11-12H2,1-2H3. The van der Waals surface area contributed by atoms with Gasteiger partial charge >= 0.3 is 0 Å². The Bertz CT molecular complexity index is 654. The van der Waals surface area contributed by atoms with Crippen LogP contribution in [0, 0.1) is 6.92 Å². The molecule has 5 nitrogen and oxygen atoms in total. The van der Waals surface area contributed by atoms with Crippen LogP contribution in [0.5, 0.6) is 0 Å². The van der Waals surface area contributed by atoms with Gasteiger partial charge in [-0.25, -0.2) is 0 Å². The van der Waals surface area contributed by atoms with Crippen LogP contribution in [0.1, 0.15) is 36.3 Å². The molecule has 2 heterocycles. The van der Waals surface area contributed by atoms with E-state index in [0.29, 0.717) is 26.0 Å². The molecule has 1 saturated heterocycles. The van der Waals surface area contributed by atoms with Crippen molar-refractivity contribution in [1.29, 1.82) is 0 Å². The van der Waals surface area contributed by atoms with Gasteiger partial charge in [0.25, 0.3) is 0 Å². The third kappa shape index (κ3) is 3.62. The average Bonchev–Trinajstić information content (AvgIpc) is 3.07. The maximum Gasteiger partial charge on any atom is 0.223 e. The lowest BCUT2D eigenvalue weighted by Crippen LogP contribution is -2.48. The summed E-state index contributed by atoms with van der Waals surface area (Å²) < 4.78 is 10.8. The molecule has 2 atom stereocenters. The minimum absolute atomic E-state index is 0.0524. The Kier molecular flexibility index (Phi) is 4.76. The number of carbonyl (C=O) groups is 1. The van der Waals surface area contributed by atoms with Crippen molar-refractivity contribution in [3.63, 3.8) is 0 Å². The van der Waals surface area contributed by atoms with Gasteiger partial charge in [-0.1, -0.05) is 29.4 Å². The number of amides is 1. The van der Waals surface area contributed by atoms with Crippen molar-refractivity contribution in [3.05, 3.63) is 53.4 Å². The molecule has 1 fully saturated rings. The van der Waals surface area contributed by atoms with E-state index in [4.69, 9.17) is 9.26 Å². The Balaban J connectivity index is 1.66. The minimum Gasteiger partial charge on any atom is -0.370 e. The van der Waals surface area contributed by atoms with Crippen LogP contribution in [0.25, 0.3) is 0 Å². The summed E-state index contributed by atoms with van der Waals surface area (Å²) in [5.74, 6) is 0.141. The van der Waals surface area contributed by atoms with E-state index in [9.17, 15) is 4.79 Å². The van der Waals surface area contributed by atoms with Crippen molar-refractivity contribution in [2.24, 2.45) is 0 Å². The van der Waals surface area contributed by atoms with Crippen molar-refractivity contribution < 1.29 is 14.1 Å². The van der Waals surface area contributed by atoms with Crippen LogP contribution in [0.15, 0.2) is 41.1 Å². The Morgan fingerprint density at radius 1 is 1.35 bits per heavy atom. The van der Waals surface area contributed by atoms with Crippen LogP contribution in [0.3, 0.4) is 0 Å². The molecule has 1 aliphatic heterocycles. The lowest BCUT2D eigenvalue weighted by molar-refractivity contribution is -0.144. The molecule has 0 N–H and O–H groups in total. The quantitative estimate of drug-likeness (QED) is 0.871. The van der Waals surface area contributed by atoms with E-state index >= 15 is 0 Å². The molecule has 122 valence electrons. The zero-order chi connectivity index (χ0) is 16.2. The first-order valence-corrected chi connectivity index (χ1v) is 8.01. The van der Waals surface area contributed by atoms with Gasteiger partial charge in [0.15, 0.2) is 0 Å². The van der Waals surface area contributed by atoms with Crippen molar-refractivity contribution in [3.8, 4) is 0 Å². The second-order valence-electron chi connectivity index (χ2n) is 6.06. The highest BCUT2D eigenvalue weighted by Gasteiger charge is 2.30. The topological polar surface area (TPSA) is 55.6 Å². The third-order valence-corrected chi connectivity index (χ3v) is 4.38. The van der Waals surface area contributed by atoms with Crippen LogP contribution >= 0.6 is 0 Å². The third-order valence-electron chi connectivity index (χ3n) is 4.38. The molecule has 1 aromatic heterocycles. The number of hydrogen-bond acceptors (Lipinski definition) is 4. The summed E-state index contributed by atoms with van der Waals surface area (Å²) in [6.45, 7) is 5.27. The first kappa shape index (κ1) is 15.7. The average molecular weight is 314 g/mol. The zero-order valence-corrected chi connectivity index (χ0v) is 13.6. The van der Waals surface area contributed by atoms with Crippen LogP contribution in [-0.2, 0) is 16.0 Å². The highest BCUT2D eigenvalue weighted by molar-refractivity contribution is 5.77. The Labute approximate surface area is 136 Å². The summed E-state index contributed by atoms with van der Waals surface area (Å²) in [6.07, 6.45) is 2.53. The van der Waals surface area contributed by atoms with Crippen molar-refractivity contribution >= 4 is 5.91 Å². The van der Waals surface area contributed by atoms with Crippen LogP contribution < -0.4 is 0 Å². The van der Waals surface area contributed by atoms with E-state index < -0.39 is 0 Å². The van der Waals surface area contributed by atoms with E-state index in [-0.39, 0.29) is 18.1 Å². The van der Waals surface area contributed by atoms with Gasteiger partial charge in [0, 0.05) is 18.9 Å². The number of morpholine rings is 1. The first-order valence-electron chi connectivity index (χ1n) is 8.01. The number of hydrogen-bond donors (Lipinski definition) is 0. The summed E-state index contributed by atoms with van der Waals surface area (Å²) >= 11 is 0. The van der Waals surface area contributed by atoms with Gasteiger partial charge in [-0.3, -0.25) is 4.79 Å². The number of carbonyl (C=O) groups excluding carboxylic acids is 1. The normalized spacial score (nSPS) is 21.4. The maximum atomic E-state index is 12.6. The lowest BCUT2D eigenvalue weighted by atomic mass is 10.0. The van der Waals surface area contributed by atoms with Gasteiger partial charge in [-0.2, -0.15) is 0 Å². The van der Waals surface area contributed by atoms with Gasteiger partial charge in [0.2, 0.25) is 5.91 Å². The van der Waals surface area contributed by atoms with E-state index in [1.54, 1.807) is 6.07 Å². The Hall–Kier alpha value is -2.14. The largest absolute Gasteiger partial charge is 0.370 e. The minimum atomic E-state index is -0.0524. The number of ether oxygens (including phenoxy) is 1. The van der Waals surface area contributed by atoms with Gasteiger partial charge in [-0.05, 0) is 25.0 Å². The fraction of sp³-hybridized carbons (Fsp3) is 0.444. The molecule has 0 spiro atoms. The highest BCUT2D eigenvalue weighted by atomic mass is 16.5. The second kappa shape index (κ2) is 6.96. The Morgan fingerprint density at radius 2 is 2.17 bits per heavy atom. The first-order chi connectivity index (χ1) is 11.1. The molecule has 2 aromatic rings. The molecule has 0 saturated carbocycles. The molecule has 0 aliphatic carbocycles. The highest BCUT2D eigenvalue weighted by Crippen LogP contribution is 2.27. The molecule has 5 heteroatoms. The fourth-order valence-electron chi connectivity index (χ4n) is 2.99. The van der Waals surface area contributed by atoms with E-state index in [1.165, 1.54) is 11.8 Å². The molecular formula is C18H22N2O3. The van der Waals surface area contributed by atoms with Crippen LogP contribution in [0.4, 0.5) is 0 Å². The molecule has 2 unspecified atom stereocenters. The lowest BCUT2D eigenvalue weighted by Gasteiger charge is -2.38. The molecule has 3 rings (SSSR count).